The number of carbonyl (C=O) groups is 1. The third kappa shape index (κ3) is 3.85. The van der Waals surface area contributed by atoms with Crippen molar-refractivity contribution in [1.82, 2.24) is 4.98 Å². The van der Waals surface area contributed by atoms with Crippen LogP contribution in [0.15, 0.2) is 42.6 Å². The Hall–Kier alpha value is -3.29. The molecule has 22 heavy (non-hydrogen) atoms. The highest BCUT2D eigenvalue weighted by molar-refractivity contribution is 6.02. The van der Waals surface area contributed by atoms with E-state index in [4.69, 9.17) is 0 Å². The molecule has 2 N–H and O–H groups in total. The number of pyridine rings is 1. The van der Waals surface area contributed by atoms with E-state index in [1.807, 2.05) is 0 Å². The lowest BCUT2D eigenvalue weighted by Gasteiger charge is -2.03. The Morgan fingerprint density at radius 1 is 1.41 bits per heavy atom. The molecule has 0 aliphatic carbocycles. The monoisotopic (exact) mass is 303 g/mol. The van der Waals surface area contributed by atoms with E-state index in [0.29, 0.717) is 5.56 Å². The minimum absolute atomic E-state index is 0.209. The molecule has 1 amide bonds. The molecule has 0 radical (unpaired) electrons. The van der Waals surface area contributed by atoms with Crippen LogP contribution in [0, 0.1) is 15.9 Å². The third-order valence-electron chi connectivity index (χ3n) is 2.58. The zero-order valence-corrected chi connectivity index (χ0v) is 11.1. The van der Waals surface area contributed by atoms with Crippen LogP contribution in [0.25, 0.3) is 6.08 Å². The maximum atomic E-state index is 13.0. The van der Waals surface area contributed by atoms with Crippen LogP contribution >= 0.6 is 0 Å². The first-order chi connectivity index (χ1) is 10.5. The van der Waals surface area contributed by atoms with Crippen molar-refractivity contribution in [1.29, 1.82) is 0 Å². The summed E-state index contributed by atoms with van der Waals surface area (Å²) in [5.41, 5.74) is 0.0850. The molecular formula is C14H10FN3O4. The van der Waals surface area contributed by atoms with Crippen molar-refractivity contribution in [2.45, 2.75) is 0 Å². The van der Waals surface area contributed by atoms with E-state index < -0.39 is 28.1 Å². The van der Waals surface area contributed by atoms with E-state index in [9.17, 15) is 24.4 Å². The molecule has 0 fully saturated rings. The lowest BCUT2D eigenvalue weighted by Crippen LogP contribution is -2.09. The zero-order chi connectivity index (χ0) is 16.1. The van der Waals surface area contributed by atoms with Crippen LogP contribution in [0.3, 0.4) is 0 Å². The van der Waals surface area contributed by atoms with Crippen LogP contribution in [0.4, 0.5) is 15.9 Å². The number of halogens is 1. The minimum Gasteiger partial charge on any atom is -0.504 e. The Labute approximate surface area is 123 Å². The van der Waals surface area contributed by atoms with Gasteiger partial charge in [-0.2, -0.15) is 0 Å². The summed E-state index contributed by atoms with van der Waals surface area (Å²) in [7, 11) is 0. The average molecular weight is 303 g/mol. The van der Waals surface area contributed by atoms with Crippen LogP contribution in [-0.2, 0) is 4.79 Å². The van der Waals surface area contributed by atoms with Crippen molar-refractivity contribution in [3.05, 3.63) is 64.1 Å². The molecule has 0 atom stereocenters. The molecule has 2 aromatic rings. The van der Waals surface area contributed by atoms with Gasteiger partial charge in [0, 0.05) is 6.08 Å². The number of amides is 1. The summed E-state index contributed by atoms with van der Waals surface area (Å²) in [6.07, 6.45) is 3.41. The Morgan fingerprint density at radius 3 is 2.82 bits per heavy atom. The molecular weight excluding hydrogens is 293 g/mol. The van der Waals surface area contributed by atoms with Crippen molar-refractivity contribution in [2.24, 2.45) is 0 Å². The van der Waals surface area contributed by atoms with Crippen LogP contribution in [0.5, 0.6) is 5.75 Å². The summed E-state index contributed by atoms with van der Waals surface area (Å²) < 4.78 is 13.0. The summed E-state index contributed by atoms with van der Waals surface area (Å²) in [6, 6.07) is 6.49. The molecule has 0 unspecified atom stereocenters. The Balaban J connectivity index is 2.07. The Kier molecular flexibility index (Phi) is 4.42. The average Bonchev–Trinajstić information content (AvgIpc) is 2.47. The molecule has 0 saturated heterocycles. The second kappa shape index (κ2) is 6.44. The third-order valence-corrected chi connectivity index (χ3v) is 2.58. The van der Waals surface area contributed by atoms with Crippen molar-refractivity contribution < 1.29 is 19.2 Å². The number of hydrogen-bond acceptors (Lipinski definition) is 5. The lowest BCUT2D eigenvalue weighted by molar-refractivity contribution is -0.385. The van der Waals surface area contributed by atoms with E-state index in [0.717, 1.165) is 18.3 Å². The van der Waals surface area contributed by atoms with Gasteiger partial charge in [-0.3, -0.25) is 14.9 Å². The fourth-order valence-corrected chi connectivity index (χ4v) is 1.58. The van der Waals surface area contributed by atoms with Gasteiger partial charge < -0.3 is 10.4 Å². The van der Waals surface area contributed by atoms with Gasteiger partial charge in [0.1, 0.15) is 12.0 Å². The Morgan fingerprint density at radius 2 is 2.18 bits per heavy atom. The zero-order valence-electron chi connectivity index (χ0n) is 11.1. The van der Waals surface area contributed by atoms with E-state index in [1.165, 1.54) is 24.3 Å². The molecule has 1 heterocycles. The number of aromatic nitrogens is 1. The number of nitrogens with zero attached hydrogens (tertiary/aromatic N) is 2. The fraction of sp³-hybridized carbons (Fsp3) is 0. The van der Waals surface area contributed by atoms with Crippen LogP contribution in [0.2, 0.25) is 0 Å². The first-order valence-electron chi connectivity index (χ1n) is 6.04. The van der Waals surface area contributed by atoms with Crippen LogP contribution < -0.4 is 5.32 Å². The van der Waals surface area contributed by atoms with E-state index in [2.05, 4.69) is 10.3 Å². The number of nitrogens with one attached hydrogen (secondary N) is 1. The largest absolute Gasteiger partial charge is 0.504 e. The van der Waals surface area contributed by atoms with Crippen molar-refractivity contribution >= 4 is 23.5 Å². The highest BCUT2D eigenvalue weighted by Crippen LogP contribution is 2.24. The summed E-state index contributed by atoms with van der Waals surface area (Å²) >= 11 is 0. The smallest absolute Gasteiger partial charge is 0.291 e. The molecule has 2 rings (SSSR count). The number of rotatable bonds is 4. The van der Waals surface area contributed by atoms with Crippen molar-refractivity contribution in [2.75, 3.05) is 5.32 Å². The molecule has 0 bridgehead atoms. The van der Waals surface area contributed by atoms with Gasteiger partial charge in [0.15, 0.2) is 11.6 Å². The summed E-state index contributed by atoms with van der Waals surface area (Å²) in [5, 5.41) is 22.3. The first-order valence-corrected chi connectivity index (χ1v) is 6.04. The number of carbonyl (C=O) groups excluding carboxylic acids is 1. The molecule has 0 spiro atoms. The first kappa shape index (κ1) is 15.1. The highest BCUT2D eigenvalue weighted by Gasteiger charge is 2.12. The number of aromatic hydroxyl groups is 1. The van der Waals surface area contributed by atoms with Gasteiger partial charge in [0.05, 0.1) is 11.0 Å². The van der Waals surface area contributed by atoms with E-state index in [-0.39, 0.29) is 5.82 Å². The molecule has 112 valence electrons. The predicted octanol–water partition coefficient (Wildman–Crippen LogP) is 2.49. The predicted molar refractivity (Wildman–Crippen MR) is 76.6 cm³/mol. The quantitative estimate of drug-likeness (QED) is 0.513. The van der Waals surface area contributed by atoms with E-state index >= 15 is 0 Å². The van der Waals surface area contributed by atoms with Gasteiger partial charge in [-0.15, -0.1) is 0 Å². The molecule has 0 saturated carbocycles. The highest BCUT2D eigenvalue weighted by atomic mass is 19.1. The molecule has 0 aliphatic rings. The van der Waals surface area contributed by atoms with Gasteiger partial charge in [0.2, 0.25) is 5.91 Å². The van der Waals surface area contributed by atoms with Gasteiger partial charge in [0.25, 0.3) is 5.69 Å². The molecule has 7 nitrogen and oxygen atoms in total. The maximum absolute atomic E-state index is 13.0. The Bertz CT molecular complexity index is 762. The number of nitro groups is 1. The number of anilines is 1. The maximum Gasteiger partial charge on any atom is 0.291 e. The molecule has 1 aromatic carbocycles. The minimum atomic E-state index is -0.720. The van der Waals surface area contributed by atoms with Crippen molar-refractivity contribution in [3.8, 4) is 5.75 Å². The fourth-order valence-electron chi connectivity index (χ4n) is 1.58. The molecule has 8 heteroatoms. The lowest BCUT2D eigenvalue weighted by atomic mass is 10.2. The normalized spacial score (nSPS) is 10.6. The topological polar surface area (TPSA) is 105 Å². The second-order valence-corrected chi connectivity index (χ2v) is 4.20. The SMILES string of the molecule is O=C(/C=C/c1cccc(F)c1)Nc1ncc([N+](=O)[O-])cc1O. The van der Waals surface area contributed by atoms with Gasteiger partial charge in [-0.05, 0) is 23.8 Å². The number of benzene rings is 1. The number of hydrogen-bond donors (Lipinski definition) is 2. The van der Waals surface area contributed by atoms with Crippen molar-refractivity contribution in [3.63, 3.8) is 0 Å². The van der Waals surface area contributed by atoms with E-state index in [1.54, 1.807) is 6.07 Å². The van der Waals surface area contributed by atoms with Gasteiger partial charge in [-0.25, -0.2) is 9.37 Å². The standard InChI is InChI=1S/C14H10FN3O4/c15-10-3-1-2-9(6-10)4-5-13(20)17-14-12(19)7-11(8-16-14)18(21)22/h1-8,19H,(H,16,17,20)/b5-4+. The second-order valence-electron chi connectivity index (χ2n) is 4.20. The van der Waals surface area contributed by atoms with Crippen LogP contribution in [0.1, 0.15) is 5.56 Å². The summed E-state index contributed by atoms with van der Waals surface area (Å²) in [6.45, 7) is 0. The van der Waals surface area contributed by atoms with Gasteiger partial charge in [-0.1, -0.05) is 12.1 Å². The molecule has 1 aromatic heterocycles. The van der Waals surface area contributed by atoms with Gasteiger partial charge >= 0.3 is 0 Å². The van der Waals surface area contributed by atoms with Crippen LogP contribution in [-0.4, -0.2) is 20.9 Å². The summed E-state index contributed by atoms with van der Waals surface area (Å²) in [4.78, 5) is 25.0. The molecule has 0 aliphatic heterocycles. The summed E-state index contributed by atoms with van der Waals surface area (Å²) in [5.74, 6) is -1.79.